The van der Waals surface area contributed by atoms with Crippen LogP contribution in [0, 0.1) is 23.4 Å². The van der Waals surface area contributed by atoms with E-state index in [9.17, 15) is 13.2 Å². The van der Waals surface area contributed by atoms with Crippen molar-refractivity contribution < 1.29 is 13.2 Å². The van der Waals surface area contributed by atoms with Crippen LogP contribution in [0.25, 0.3) is 11.3 Å². The van der Waals surface area contributed by atoms with E-state index >= 15 is 0 Å². The Labute approximate surface area is 133 Å². The molecule has 0 aliphatic heterocycles. The molecule has 1 aromatic heterocycles. The average molecular weight is 323 g/mol. The summed E-state index contributed by atoms with van der Waals surface area (Å²) in [6.45, 7) is 5.73. The fraction of sp³-hybridized carbons (Fsp3) is 0.471. The molecule has 0 bridgehead atoms. The molecule has 2 N–H and O–H groups in total. The van der Waals surface area contributed by atoms with Gasteiger partial charge in [-0.2, -0.15) is 5.10 Å². The minimum Gasteiger partial charge on any atom is -0.324 e. The third-order valence-corrected chi connectivity index (χ3v) is 4.19. The Morgan fingerprint density at radius 1 is 1.13 bits per heavy atom. The zero-order valence-corrected chi connectivity index (χ0v) is 13.4. The smallest absolute Gasteiger partial charge is 0.161 e. The molecule has 1 atom stereocenters. The van der Waals surface area contributed by atoms with E-state index in [2.05, 4.69) is 5.10 Å². The van der Waals surface area contributed by atoms with E-state index in [1.807, 2.05) is 20.8 Å². The average Bonchev–Trinajstić information content (AvgIpc) is 3.19. The first-order valence-corrected chi connectivity index (χ1v) is 7.69. The van der Waals surface area contributed by atoms with Crippen LogP contribution in [-0.4, -0.2) is 9.78 Å². The first-order chi connectivity index (χ1) is 10.7. The summed E-state index contributed by atoms with van der Waals surface area (Å²) in [7, 11) is 0. The molecule has 23 heavy (non-hydrogen) atoms. The highest BCUT2D eigenvalue weighted by molar-refractivity contribution is 5.65. The highest BCUT2D eigenvalue weighted by Crippen LogP contribution is 2.43. The zero-order valence-electron chi connectivity index (χ0n) is 13.4. The number of rotatable bonds is 3. The van der Waals surface area contributed by atoms with Crippen LogP contribution in [0.15, 0.2) is 18.3 Å². The molecule has 1 aliphatic carbocycles. The number of nitrogens with two attached hydrogens (primary N) is 1. The summed E-state index contributed by atoms with van der Waals surface area (Å²) in [5.41, 5.74) is 6.91. The van der Waals surface area contributed by atoms with E-state index in [0.717, 1.165) is 18.9 Å². The van der Waals surface area contributed by atoms with Crippen molar-refractivity contribution >= 4 is 0 Å². The normalized spacial score (nSPS) is 16.7. The first-order valence-electron chi connectivity index (χ1n) is 7.69. The third kappa shape index (κ3) is 2.87. The van der Waals surface area contributed by atoms with Crippen molar-refractivity contribution in [3.63, 3.8) is 0 Å². The van der Waals surface area contributed by atoms with Gasteiger partial charge in [-0.05, 0) is 45.6 Å². The summed E-state index contributed by atoms with van der Waals surface area (Å²) < 4.78 is 42.9. The number of benzene rings is 1. The van der Waals surface area contributed by atoms with Crippen LogP contribution in [-0.2, 0) is 5.54 Å². The summed E-state index contributed by atoms with van der Waals surface area (Å²) in [5, 5.41) is 4.34. The second-order valence-electron chi connectivity index (χ2n) is 7.14. The van der Waals surface area contributed by atoms with Gasteiger partial charge in [0.2, 0.25) is 0 Å². The fourth-order valence-electron chi connectivity index (χ4n) is 2.80. The molecule has 0 amide bonds. The maximum Gasteiger partial charge on any atom is 0.161 e. The summed E-state index contributed by atoms with van der Waals surface area (Å²) in [6.07, 6.45) is 3.65. The quantitative estimate of drug-likeness (QED) is 0.863. The maximum absolute atomic E-state index is 14.3. The van der Waals surface area contributed by atoms with Gasteiger partial charge in [0.15, 0.2) is 11.6 Å². The second-order valence-corrected chi connectivity index (χ2v) is 7.14. The van der Waals surface area contributed by atoms with Crippen LogP contribution in [0.1, 0.15) is 45.2 Å². The Balaban J connectivity index is 2.23. The number of nitrogens with zero attached hydrogens (tertiary/aromatic N) is 2. The first kappa shape index (κ1) is 16.1. The highest BCUT2D eigenvalue weighted by atomic mass is 19.2. The van der Waals surface area contributed by atoms with Gasteiger partial charge in [0.1, 0.15) is 5.82 Å². The van der Waals surface area contributed by atoms with Crippen molar-refractivity contribution in [1.29, 1.82) is 0 Å². The minimum absolute atomic E-state index is 0.0116. The molecular weight excluding hydrogens is 303 g/mol. The molecule has 1 aromatic carbocycles. The van der Waals surface area contributed by atoms with Gasteiger partial charge in [0.05, 0.1) is 17.4 Å². The lowest BCUT2D eigenvalue weighted by molar-refractivity contribution is 0.359. The van der Waals surface area contributed by atoms with Crippen LogP contribution in [0.5, 0.6) is 0 Å². The second kappa shape index (κ2) is 5.37. The van der Waals surface area contributed by atoms with E-state index in [4.69, 9.17) is 5.73 Å². The van der Waals surface area contributed by atoms with Crippen molar-refractivity contribution in [2.24, 2.45) is 11.7 Å². The van der Waals surface area contributed by atoms with E-state index in [1.165, 1.54) is 0 Å². The monoisotopic (exact) mass is 323 g/mol. The molecule has 1 aliphatic rings. The molecule has 3 nitrogen and oxygen atoms in total. The van der Waals surface area contributed by atoms with Gasteiger partial charge in [-0.3, -0.25) is 4.68 Å². The lowest BCUT2D eigenvalue weighted by atomic mass is 9.97. The molecule has 0 spiro atoms. The molecule has 2 aromatic rings. The molecule has 0 saturated heterocycles. The van der Waals surface area contributed by atoms with Crippen molar-refractivity contribution in [3.05, 3.63) is 41.3 Å². The lowest BCUT2D eigenvalue weighted by Crippen LogP contribution is -2.25. The third-order valence-electron chi connectivity index (χ3n) is 4.19. The predicted octanol–water partition coefficient (Wildman–Crippen LogP) is 4.13. The number of hydrogen-bond acceptors (Lipinski definition) is 2. The minimum atomic E-state index is -1.21. The molecule has 6 heteroatoms. The topological polar surface area (TPSA) is 43.8 Å². The van der Waals surface area contributed by atoms with E-state index in [-0.39, 0.29) is 11.6 Å². The lowest BCUT2D eigenvalue weighted by Gasteiger charge is -2.24. The summed E-state index contributed by atoms with van der Waals surface area (Å²) >= 11 is 0. The molecule has 0 radical (unpaired) electrons. The molecule has 1 fully saturated rings. The Hall–Kier alpha value is -1.82. The Bertz CT molecular complexity index is 742. The van der Waals surface area contributed by atoms with Crippen LogP contribution in [0.4, 0.5) is 13.2 Å². The van der Waals surface area contributed by atoms with E-state index in [1.54, 1.807) is 10.9 Å². The van der Waals surface area contributed by atoms with Gasteiger partial charge in [0, 0.05) is 23.2 Å². The molecule has 124 valence electrons. The fourth-order valence-corrected chi connectivity index (χ4v) is 2.80. The standard InChI is InChI=1S/C17H20F3N3/c1-17(2,3)23-16(10-6-13(19)14(20)7-12(10)18)11(8-22-23)15(21)9-4-5-9/h6-9,15H,4-5,21H2,1-3H3. The number of halogens is 3. The largest absolute Gasteiger partial charge is 0.324 e. The summed E-state index contributed by atoms with van der Waals surface area (Å²) in [4.78, 5) is 0. The van der Waals surface area contributed by atoms with Crippen molar-refractivity contribution in [1.82, 2.24) is 9.78 Å². The zero-order chi connectivity index (χ0) is 16.9. The van der Waals surface area contributed by atoms with Crippen LogP contribution in [0.2, 0.25) is 0 Å². The predicted molar refractivity (Wildman–Crippen MR) is 82.2 cm³/mol. The number of hydrogen-bond donors (Lipinski definition) is 1. The Morgan fingerprint density at radius 3 is 2.30 bits per heavy atom. The highest BCUT2D eigenvalue weighted by Gasteiger charge is 2.34. The van der Waals surface area contributed by atoms with E-state index in [0.29, 0.717) is 23.2 Å². The van der Waals surface area contributed by atoms with Gasteiger partial charge in [0.25, 0.3) is 0 Å². The van der Waals surface area contributed by atoms with Gasteiger partial charge < -0.3 is 5.73 Å². The van der Waals surface area contributed by atoms with Crippen LogP contribution < -0.4 is 5.73 Å². The van der Waals surface area contributed by atoms with Gasteiger partial charge in [-0.15, -0.1) is 0 Å². The van der Waals surface area contributed by atoms with Crippen molar-refractivity contribution in [2.75, 3.05) is 0 Å². The van der Waals surface area contributed by atoms with Gasteiger partial charge >= 0.3 is 0 Å². The molecular formula is C17H20F3N3. The van der Waals surface area contributed by atoms with Crippen molar-refractivity contribution in [3.8, 4) is 11.3 Å². The summed E-state index contributed by atoms with van der Waals surface area (Å²) in [6, 6.07) is 1.16. The Morgan fingerprint density at radius 2 is 1.74 bits per heavy atom. The molecule has 3 rings (SSSR count). The number of aromatic nitrogens is 2. The van der Waals surface area contributed by atoms with Crippen molar-refractivity contribution in [2.45, 2.75) is 45.2 Å². The van der Waals surface area contributed by atoms with E-state index < -0.39 is 23.0 Å². The SMILES string of the molecule is CC(C)(C)n1ncc(C(N)C2CC2)c1-c1cc(F)c(F)cc1F. The summed E-state index contributed by atoms with van der Waals surface area (Å²) in [5.74, 6) is -2.78. The van der Waals surface area contributed by atoms with Crippen LogP contribution in [0.3, 0.4) is 0 Å². The molecule has 1 saturated carbocycles. The van der Waals surface area contributed by atoms with Gasteiger partial charge in [-0.1, -0.05) is 0 Å². The van der Waals surface area contributed by atoms with Crippen LogP contribution >= 0.6 is 0 Å². The Kier molecular flexibility index (Phi) is 3.75. The molecule has 1 unspecified atom stereocenters. The molecule has 1 heterocycles. The maximum atomic E-state index is 14.3. The van der Waals surface area contributed by atoms with Gasteiger partial charge in [-0.25, -0.2) is 13.2 Å².